The van der Waals surface area contributed by atoms with E-state index in [2.05, 4.69) is 10.6 Å². The largest absolute Gasteiger partial charge is 0.352 e. The van der Waals surface area contributed by atoms with E-state index in [1.165, 1.54) is 28.6 Å². The number of hydrogen-bond acceptors (Lipinski definition) is 4. The standard InChI is InChI=1S/C20H23N3O4S/c1-14(2)22-19(24)13-21-20(25)16-7-5-8-17(12-16)28(26,27)23-11-10-15-6-3-4-9-18(15)23/h3-9,12,14H,10-11,13H2,1-2H3,(H,21,25)(H,22,24). The zero-order valence-corrected chi connectivity index (χ0v) is 16.6. The Labute approximate surface area is 164 Å². The SMILES string of the molecule is CC(C)NC(=O)CNC(=O)c1cccc(S(=O)(=O)N2CCc3ccccc32)c1. The highest BCUT2D eigenvalue weighted by atomic mass is 32.2. The maximum absolute atomic E-state index is 13.1. The average molecular weight is 401 g/mol. The molecule has 1 aliphatic rings. The molecular formula is C20H23N3O4S. The van der Waals surface area contributed by atoms with Crippen LogP contribution in [0, 0.1) is 0 Å². The molecule has 2 aromatic carbocycles. The number of hydrogen-bond donors (Lipinski definition) is 2. The summed E-state index contributed by atoms with van der Waals surface area (Å²) in [6, 6.07) is 13.2. The van der Waals surface area contributed by atoms with Gasteiger partial charge in [0.05, 0.1) is 17.1 Å². The summed E-state index contributed by atoms with van der Waals surface area (Å²) in [5.41, 5.74) is 1.84. The van der Waals surface area contributed by atoms with Crippen LogP contribution >= 0.6 is 0 Å². The Morgan fingerprint density at radius 3 is 2.61 bits per heavy atom. The number of nitrogens with zero attached hydrogens (tertiary/aromatic N) is 1. The lowest BCUT2D eigenvalue weighted by Gasteiger charge is -2.20. The first-order valence-electron chi connectivity index (χ1n) is 9.07. The third-order valence-corrected chi connectivity index (χ3v) is 6.20. The number of carbonyl (C=O) groups excluding carboxylic acids is 2. The number of benzene rings is 2. The summed E-state index contributed by atoms with van der Waals surface area (Å²) in [6.07, 6.45) is 0.653. The molecule has 7 nitrogen and oxygen atoms in total. The Morgan fingerprint density at radius 1 is 1.11 bits per heavy atom. The molecule has 0 bridgehead atoms. The van der Waals surface area contributed by atoms with Crippen molar-refractivity contribution in [1.82, 2.24) is 10.6 Å². The third kappa shape index (κ3) is 4.17. The lowest BCUT2D eigenvalue weighted by molar-refractivity contribution is -0.120. The summed E-state index contributed by atoms with van der Waals surface area (Å²) in [7, 11) is -3.78. The van der Waals surface area contributed by atoms with E-state index in [0.717, 1.165) is 5.56 Å². The molecule has 0 spiro atoms. The maximum atomic E-state index is 13.1. The molecule has 3 rings (SSSR count). The van der Waals surface area contributed by atoms with Gasteiger partial charge < -0.3 is 10.6 Å². The van der Waals surface area contributed by atoms with E-state index >= 15 is 0 Å². The summed E-state index contributed by atoms with van der Waals surface area (Å²) >= 11 is 0. The number of nitrogens with one attached hydrogen (secondary N) is 2. The fraction of sp³-hybridized carbons (Fsp3) is 0.300. The molecule has 8 heteroatoms. The van der Waals surface area contributed by atoms with Crippen molar-refractivity contribution in [3.63, 3.8) is 0 Å². The summed E-state index contributed by atoms with van der Waals surface area (Å²) in [6.45, 7) is 3.84. The van der Waals surface area contributed by atoms with Crippen LogP contribution in [0.1, 0.15) is 29.8 Å². The van der Waals surface area contributed by atoms with E-state index < -0.39 is 15.9 Å². The topological polar surface area (TPSA) is 95.6 Å². The molecule has 0 atom stereocenters. The molecule has 0 unspecified atom stereocenters. The molecular weight excluding hydrogens is 378 g/mol. The summed E-state index contributed by atoms with van der Waals surface area (Å²) in [4.78, 5) is 24.1. The minimum absolute atomic E-state index is 0.0267. The third-order valence-electron chi connectivity index (χ3n) is 4.39. The Kier molecular flexibility index (Phi) is 5.69. The molecule has 28 heavy (non-hydrogen) atoms. The van der Waals surface area contributed by atoms with Gasteiger partial charge >= 0.3 is 0 Å². The van der Waals surface area contributed by atoms with Gasteiger partial charge in [0.25, 0.3) is 15.9 Å². The van der Waals surface area contributed by atoms with Crippen LogP contribution in [0.2, 0.25) is 0 Å². The van der Waals surface area contributed by atoms with Gasteiger partial charge in [0.1, 0.15) is 0 Å². The maximum Gasteiger partial charge on any atom is 0.264 e. The van der Waals surface area contributed by atoms with Crippen LogP contribution in [0.3, 0.4) is 0 Å². The zero-order valence-electron chi connectivity index (χ0n) is 15.8. The van der Waals surface area contributed by atoms with Crippen molar-refractivity contribution in [3.8, 4) is 0 Å². The van der Waals surface area contributed by atoms with Gasteiger partial charge in [-0.1, -0.05) is 24.3 Å². The van der Waals surface area contributed by atoms with Gasteiger partial charge in [-0.25, -0.2) is 8.42 Å². The quantitative estimate of drug-likeness (QED) is 0.770. The predicted octanol–water partition coefficient (Wildman–Crippen LogP) is 1.69. The fourth-order valence-electron chi connectivity index (χ4n) is 3.12. The number of amides is 2. The van der Waals surface area contributed by atoms with Crippen LogP contribution in [0.25, 0.3) is 0 Å². The summed E-state index contributed by atoms with van der Waals surface area (Å²) in [5.74, 6) is -0.807. The summed E-state index contributed by atoms with van der Waals surface area (Å²) in [5, 5.41) is 5.18. The molecule has 0 aromatic heterocycles. The molecule has 1 aliphatic heterocycles. The Balaban J connectivity index is 1.78. The van der Waals surface area contributed by atoms with Gasteiger partial charge in [-0.15, -0.1) is 0 Å². The molecule has 0 fully saturated rings. The first kappa shape index (κ1) is 19.9. The molecule has 0 aliphatic carbocycles. The van der Waals surface area contributed by atoms with Crippen molar-refractivity contribution >= 4 is 27.5 Å². The molecule has 2 aromatic rings. The lowest BCUT2D eigenvalue weighted by atomic mass is 10.2. The summed E-state index contributed by atoms with van der Waals surface area (Å²) < 4.78 is 27.5. The molecule has 0 saturated heterocycles. The Hall–Kier alpha value is -2.87. The zero-order chi connectivity index (χ0) is 20.3. The van der Waals surface area contributed by atoms with E-state index in [1.807, 2.05) is 26.0 Å². The number of carbonyl (C=O) groups is 2. The first-order chi connectivity index (χ1) is 13.3. The van der Waals surface area contributed by atoms with E-state index in [1.54, 1.807) is 12.1 Å². The van der Waals surface area contributed by atoms with Gasteiger partial charge in [0.2, 0.25) is 5.91 Å². The molecule has 0 saturated carbocycles. The van der Waals surface area contributed by atoms with Crippen LogP contribution in [0.15, 0.2) is 53.4 Å². The highest BCUT2D eigenvalue weighted by Crippen LogP contribution is 2.32. The molecule has 148 valence electrons. The van der Waals surface area contributed by atoms with Crippen LogP contribution in [0.5, 0.6) is 0 Å². The minimum atomic E-state index is -3.78. The van der Waals surface area contributed by atoms with Crippen LogP contribution < -0.4 is 14.9 Å². The van der Waals surface area contributed by atoms with Crippen molar-refractivity contribution in [2.75, 3.05) is 17.4 Å². The second-order valence-corrected chi connectivity index (χ2v) is 8.75. The number of anilines is 1. The van der Waals surface area contributed by atoms with Gasteiger partial charge in [-0.2, -0.15) is 0 Å². The number of sulfonamides is 1. The van der Waals surface area contributed by atoms with Crippen molar-refractivity contribution in [3.05, 3.63) is 59.7 Å². The van der Waals surface area contributed by atoms with Crippen molar-refractivity contribution in [1.29, 1.82) is 0 Å². The highest BCUT2D eigenvalue weighted by molar-refractivity contribution is 7.92. The van der Waals surface area contributed by atoms with Crippen molar-refractivity contribution in [2.45, 2.75) is 31.2 Å². The second-order valence-electron chi connectivity index (χ2n) is 6.89. The van der Waals surface area contributed by atoms with Crippen LogP contribution in [0.4, 0.5) is 5.69 Å². The Morgan fingerprint density at radius 2 is 1.86 bits per heavy atom. The Bertz CT molecular complexity index is 1000. The normalized spacial score (nSPS) is 13.3. The average Bonchev–Trinajstić information content (AvgIpc) is 3.10. The highest BCUT2D eigenvalue weighted by Gasteiger charge is 2.30. The van der Waals surface area contributed by atoms with E-state index in [-0.39, 0.29) is 29.0 Å². The molecule has 0 radical (unpaired) electrons. The monoisotopic (exact) mass is 401 g/mol. The van der Waals surface area contributed by atoms with Gasteiger partial charge in [-0.05, 0) is 50.1 Å². The second kappa shape index (κ2) is 8.02. The fourth-order valence-corrected chi connectivity index (χ4v) is 4.67. The van der Waals surface area contributed by atoms with Gasteiger partial charge in [0.15, 0.2) is 0 Å². The predicted molar refractivity (Wildman–Crippen MR) is 107 cm³/mol. The molecule has 2 amide bonds. The first-order valence-corrected chi connectivity index (χ1v) is 10.5. The molecule has 2 N–H and O–H groups in total. The number of para-hydroxylation sites is 1. The van der Waals surface area contributed by atoms with Crippen molar-refractivity contribution in [2.24, 2.45) is 0 Å². The van der Waals surface area contributed by atoms with Crippen LogP contribution in [-0.4, -0.2) is 39.4 Å². The number of fused-ring (bicyclic) bond motifs is 1. The minimum Gasteiger partial charge on any atom is -0.352 e. The van der Waals surface area contributed by atoms with Gasteiger partial charge in [-0.3, -0.25) is 13.9 Å². The van der Waals surface area contributed by atoms with Gasteiger partial charge in [0, 0.05) is 18.2 Å². The van der Waals surface area contributed by atoms with E-state index in [9.17, 15) is 18.0 Å². The number of rotatable bonds is 6. The smallest absolute Gasteiger partial charge is 0.264 e. The van der Waals surface area contributed by atoms with E-state index in [0.29, 0.717) is 18.7 Å². The molecule has 1 heterocycles. The van der Waals surface area contributed by atoms with Crippen LogP contribution in [-0.2, 0) is 21.2 Å². The lowest BCUT2D eigenvalue weighted by Crippen LogP contribution is -2.39. The van der Waals surface area contributed by atoms with Crippen molar-refractivity contribution < 1.29 is 18.0 Å². The van der Waals surface area contributed by atoms with E-state index in [4.69, 9.17) is 0 Å².